The normalized spacial score (nSPS) is 31.0. The molecule has 2 fully saturated rings. The van der Waals surface area contributed by atoms with Crippen LogP contribution < -0.4 is 5.32 Å². The fraction of sp³-hybridized carbons (Fsp3) is 1.00. The van der Waals surface area contributed by atoms with Crippen molar-refractivity contribution < 1.29 is 4.74 Å². The van der Waals surface area contributed by atoms with E-state index in [-0.39, 0.29) is 0 Å². The van der Waals surface area contributed by atoms with Crippen LogP contribution in [-0.4, -0.2) is 50.3 Å². The van der Waals surface area contributed by atoms with Crippen molar-refractivity contribution in [3.8, 4) is 0 Å². The van der Waals surface area contributed by atoms with Crippen molar-refractivity contribution in [1.29, 1.82) is 0 Å². The van der Waals surface area contributed by atoms with E-state index < -0.39 is 0 Å². The van der Waals surface area contributed by atoms with Crippen LogP contribution in [0.4, 0.5) is 0 Å². The summed E-state index contributed by atoms with van der Waals surface area (Å²) in [6.07, 6.45) is 5.26. The summed E-state index contributed by atoms with van der Waals surface area (Å²) in [6, 6.07) is 0.668. The van der Waals surface area contributed by atoms with Gasteiger partial charge in [0, 0.05) is 32.3 Å². The van der Waals surface area contributed by atoms with E-state index in [0.29, 0.717) is 6.04 Å². The van der Waals surface area contributed by atoms with Crippen LogP contribution in [0.15, 0.2) is 0 Å². The van der Waals surface area contributed by atoms with Crippen molar-refractivity contribution >= 4 is 0 Å². The standard InChI is InChI=1S/C15H30N2O/c1-13-10-16-14(2)6-8-17(11-13)7-3-9-18-12-15-4-5-15/h13-16H,3-12H2,1-2H3. The molecule has 0 aromatic carbocycles. The van der Waals surface area contributed by atoms with E-state index in [9.17, 15) is 0 Å². The molecule has 0 spiro atoms. The van der Waals surface area contributed by atoms with Crippen molar-refractivity contribution in [1.82, 2.24) is 10.2 Å². The van der Waals surface area contributed by atoms with Crippen LogP contribution in [-0.2, 0) is 4.74 Å². The lowest BCUT2D eigenvalue weighted by Crippen LogP contribution is -2.42. The highest BCUT2D eigenvalue weighted by molar-refractivity contribution is 4.74. The molecule has 3 nitrogen and oxygen atoms in total. The van der Waals surface area contributed by atoms with Gasteiger partial charge in [0.25, 0.3) is 0 Å². The first-order valence-electron chi connectivity index (χ1n) is 7.77. The third-order valence-corrected chi connectivity index (χ3v) is 4.08. The van der Waals surface area contributed by atoms with Crippen LogP contribution in [0.5, 0.6) is 0 Å². The van der Waals surface area contributed by atoms with E-state index >= 15 is 0 Å². The quantitative estimate of drug-likeness (QED) is 0.735. The molecule has 0 aromatic rings. The minimum absolute atomic E-state index is 0.668. The average Bonchev–Trinajstić information content (AvgIpc) is 3.15. The van der Waals surface area contributed by atoms with Gasteiger partial charge >= 0.3 is 0 Å². The van der Waals surface area contributed by atoms with E-state index in [1.165, 1.54) is 45.3 Å². The lowest BCUT2D eigenvalue weighted by Gasteiger charge is -2.31. The third kappa shape index (κ3) is 5.68. The molecule has 2 atom stereocenters. The number of nitrogens with one attached hydrogen (secondary N) is 1. The Morgan fingerprint density at radius 1 is 1.22 bits per heavy atom. The molecule has 2 aliphatic rings. The lowest BCUT2D eigenvalue weighted by molar-refractivity contribution is 0.107. The Hall–Kier alpha value is -0.120. The van der Waals surface area contributed by atoms with Crippen LogP contribution in [0.2, 0.25) is 0 Å². The predicted molar refractivity (Wildman–Crippen MR) is 75.8 cm³/mol. The van der Waals surface area contributed by atoms with Gasteiger partial charge in [-0.3, -0.25) is 0 Å². The molecule has 1 N–H and O–H groups in total. The number of hydrogen-bond donors (Lipinski definition) is 1. The van der Waals surface area contributed by atoms with Gasteiger partial charge in [-0.15, -0.1) is 0 Å². The van der Waals surface area contributed by atoms with E-state index in [1.807, 2.05) is 0 Å². The maximum atomic E-state index is 5.71. The maximum absolute atomic E-state index is 5.71. The summed E-state index contributed by atoms with van der Waals surface area (Å²) >= 11 is 0. The SMILES string of the molecule is CC1CNC(C)CCN(CCCOCC2CC2)C1. The van der Waals surface area contributed by atoms with Crippen molar-refractivity contribution in [3.05, 3.63) is 0 Å². The number of hydrogen-bond acceptors (Lipinski definition) is 3. The first kappa shape index (κ1) is 14.3. The van der Waals surface area contributed by atoms with Gasteiger partial charge in [-0.1, -0.05) is 6.92 Å². The summed E-state index contributed by atoms with van der Waals surface area (Å²) in [7, 11) is 0. The second-order valence-electron chi connectivity index (χ2n) is 6.38. The zero-order valence-corrected chi connectivity index (χ0v) is 12.2. The van der Waals surface area contributed by atoms with Gasteiger partial charge < -0.3 is 15.0 Å². The van der Waals surface area contributed by atoms with Gasteiger partial charge in [-0.25, -0.2) is 0 Å². The molecule has 2 unspecified atom stereocenters. The predicted octanol–water partition coefficient (Wildman–Crippen LogP) is 2.12. The molecule has 106 valence electrons. The summed E-state index contributed by atoms with van der Waals surface area (Å²) in [5.41, 5.74) is 0. The molecule has 0 amide bonds. The molecule has 3 heteroatoms. The minimum Gasteiger partial charge on any atom is -0.381 e. The van der Waals surface area contributed by atoms with Gasteiger partial charge in [0.05, 0.1) is 0 Å². The van der Waals surface area contributed by atoms with Gasteiger partial charge in [-0.05, 0) is 57.5 Å². The Balaban J connectivity index is 1.56. The van der Waals surface area contributed by atoms with E-state index in [2.05, 4.69) is 24.1 Å². The monoisotopic (exact) mass is 254 g/mol. The first-order chi connectivity index (χ1) is 8.74. The molecule has 0 aromatic heterocycles. The van der Waals surface area contributed by atoms with E-state index in [0.717, 1.165) is 31.6 Å². The molecule has 18 heavy (non-hydrogen) atoms. The Kier molecular flexibility index (Phi) is 5.93. The van der Waals surface area contributed by atoms with Crippen LogP contribution >= 0.6 is 0 Å². The van der Waals surface area contributed by atoms with Gasteiger partial charge in [0.1, 0.15) is 0 Å². The summed E-state index contributed by atoms with van der Waals surface area (Å²) in [5, 5.41) is 3.60. The highest BCUT2D eigenvalue weighted by Gasteiger charge is 2.21. The maximum Gasteiger partial charge on any atom is 0.0494 e. The Labute approximate surface area is 112 Å². The second kappa shape index (κ2) is 7.46. The van der Waals surface area contributed by atoms with E-state index in [4.69, 9.17) is 4.74 Å². The molecule has 1 saturated heterocycles. The van der Waals surface area contributed by atoms with Crippen LogP contribution in [0, 0.1) is 11.8 Å². The molecule has 1 heterocycles. The highest BCUT2D eigenvalue weighted by Crippen LogP contribution is 2.28. The molecule has 0 radical (unpaired) electrons. The number of ether oxygens (including phenoxy) is 1. The molecular formula is C15H30N2O. The molecule has 0 bridgehead atoms. The lowest BCUT2D eigenvalue weighted by atomic mass is 10.1. The average molecular weight is 254 g/mol. The summed E-state index contributed by atoms with van der Waals surface area (Å²) in [6.45, 7) is 11.5. The van der Waals surface area contributed by atoms with Crippen LogP contribution in [0.1, 0.15) is 39.5 Å². The topological polar surface area (TPSA) is 24.5 Å². The molecular weight excluding hydrogens is 224 g/mol. The van der Waals surface area contributed by atoms with Crippen molar-refractivity contribution in [2.24, 2.45) is 11.8 Å². The van der Waals surface area contributed by atoms with Crippen LogP contribution in [0.25, 0.3) is 0 Å². The molecule has 1 saturated carbocycles. The van der Waals surface area contributed by atoms with E-state index in [1.54, 1.807) is 0 Å². The second-order valence-corrected chi connectivity index (χ2v) is 6.38. The zero-order valence-electron chi connectivity index (χ0n) is 12.2. The Morgan fingerprint density at radius 3 is 2.83 bits per heavy atom. The van der Waals surface area contributed by atoms with Crippen molar-refractivity contribution in [3.63, 3.8) is 0 Å². The largest absolute Gasteiger partial charge is 0.381 e. The molecule has 1 aliphatic heterocycles. The fourth-order valence-corrected chi connectivity index (χ4v) is 2.61. The smallest absolute Gasteiger partial charge is 0.0494 e. The van der Waals surface area contributed by atoms with Crippen molar-refractivity contribution in [2.75, 3.05) is 39.4 Å². The number of rotatable bonds is 6. The molecule has 1 aliphatic carbocycles. The fourth-order valence-electron chi connectivity index (χ4n) is 2.61. The zero-order chi connectivity index (χ0) is 12.8. The summed E-state index contributed by atoms with van der Waals surface area (Å²) in [4.78, 5) is 2.63. The van der Waals surface area contributed by atoms with Gasteiger partial charge in [0.2, 0.25) is 0 Å². The first-order valence-corrected chi connectivity index (χ1v) is 7.77. The van der Waals surface area contributed by atoms with Gasteiger partial charge in [-0.2, -0.15) is 0 Å². The minimum atomic E-state index is 0.668. The highest BCUT2D eigenvalue weighted by atomic mass is 16.5. The number of nitrogens with zero attached hydrogens (tertiary/aromatic N) is 1. The van der Waals surface area contributed by atoms with Gasteiger partial charge in [0.15, 0.2) is 0 Å². The summed E-state index contributed by atoms with van der Waals surface area (Å²) < 4.78 is 5.71. The summed E-state index contributed by atoms with van der Waals surface area (Å²) in [5.74, 6) is 1.67. The molecule has 2 rings (SSSR count). The van der Waals surface area contributed by atoms with Crippen molar-refractivity contribution in [2.45, 2.75) is 45.6 Å². The Bertz CT molecular complexity index is 231. The van der Waals surface area contributed by atoms with Crippen LogP contribution in [0.3, 0.4) is 0 Å². The third-order valence-electron chi connectivity index (χ3n) is 4.08. The Morgan fingerprint density at radius 2 is 2.06 bits per heavy atom.